The number of hydrogen-bond acceptors (Lipinski definition) is 2. The molecule has 2 atom stereocenters. The normalized spacial score (nSPS) is 28.3. The van der Waals surface area contributed by atoms with E-state index in [2.05, 4.69) is 4.74 Å². The topological polar surface area (TPSA) is 26.3 Å². The monoisotopic (exact) mass is 182 g/mol. The minimum Gasteiger partial charge on any atom is -0.466 e. The Labute approximate surface area is 67.7 Å². The van der Waals surface area contributed by atoms with Gasteiger partial charge in [0.05, 0.1) is 18.4 Å². The number of ether oxygens (including phenoxy) is 1. The molecule has 1 fully saturated rings. The maximum atomic E-state index is 11.9. The van der Waals surface area contributed by atoms with Crippen molar-refractivity contribution in [2.75, 3.05) is 6.61 Å². The van der Waals surface area contributed by atoms with Crippen molar-refractivity contribution in [3.63, 3.8) is 0 Å². The number of carbonyl (C=O) groups is 1. The average molecular weight is 182 g/mol. The van der Waals surface area contributed by atoms with E-state index in [0.29, 0.717) is 0 Å². The van der Waals surface area contributed by atoms with Crippen molar-refractivity contribution >= 4 is 5.97 Å². The number of halogens is 3. The van der Waals surface area contributed by atoms with Gasteiger partial charge in [0.1, 0.15) is 0 Å². The summed E-state index contributed by atoms with van der Waals surface area (Å²) in [6, 6.07) is 0. The first-order valence-electron chi connectivity index (χ1n) is 3.70. The highest BCUT2D eigenvalue weighted by atomic mass is 19.4. The van der Waals surface area contributed by atoms with E-state index in [4.69, 9.17) is 0 Å². The van der Waals surface area contributed by atoms with Gasteiger partial charge in [0, 0.05) is 0 Å². The number of carbonyl (C=O) groups excluding carboxylic acids is 1. The Balaban J connectivity index is 2.37. The van der Waals surface area contributed by atoms with Gasteiger partial charge in [0.15, 0.2) is 0 Å². The van der Waals surface area contributed by atoms with E-state index in [0.717, 1.165) is 0 Å². The van der Waals surface area contributed by atoms with Gasteiger partial charge in [0.2, 0.25) is 0 Å². The van der Waals surface area contributed by atoms with Crippen LogP contribution in [0.1, 0.15) is 13.3 Å². The molecular formula is C7H9F3O2. The average Bonchev–Trinajstić information content (AvgIpc) is 2.62. The van der Waals surface area contributed by atoms with E-state index in [1.807, 2.05) is 0 Å². The van der Waals surface area contributed by atoms with Crippen molar-refractivity contribution in [2.45, 2.75) is 19.5 Å². The van der Waals surface area contributed by atoms with Crippen LogP contribution in [0.4, 0.5) is 13.2 Å². The lowest BCUT2D eigenvalue weighted by Gasteiger charge is -2.04. The molecular weight excluding hydrogens is 173 g/mol. The smallest absolute Gasteiger partial charge is 0.392 e. The molecule has 0 unspecified atom stereocenters. The predicted molar refractivity (Wildman–Crippen MR) is 34.3 cm³/mol. The van der Waals surface area contributed by atoms with E-state index < -0.39 is 24.0 Å². The molecule has 0 saturated heterocycles. The molecule has 0 aromatic carbocycles. The quantitative estimate of drug-likeness (QED) is 0.608. The Hall–Kier alpha value is -0.740. The van der Waals surface area contributed by atoms with E-state index in [1.54, 1.807) is 6.92 Å². The standard InChI is InChI=1S/C7H9F3O2/c1-2-12-6(11)4-3-5(4)7(8,9)10/h4-5H,2-3H2,1H3/t4-,5+/m0/s1. The van der Waals surface area contributed by atoms with Crippen LogP contribution in [0.3, 0.4) is 0 Å². The third kappa shape index (κ3) is 1.89. The van der Waals surface area contributed by atoms with Crippen molar-refractivity contribution in [3.05, 3.63) is 0 Å². The zero-order valence-corrected chi connectivity index (χ0v) is 6.52. The van der Waals surface area contributed by atoms with Gasteiger partial charge in [-0.15, -0.1) is 0 Å². The molecule has 0 amide bonds. The molecule has 2 nitrogen and oxygen atoms in total. The summed E-state index contributed by atoms with van der Waals surface area (Å²) in [6.07, 6.45) is -4.35. The van der Waals surface area contributed by atoms with E-state index in [-0.39, 0.29) is 13.0 Å². The lowest BCUT2D eigenvalue weighted by Crippen LogP contribution is -2.16. The van der Waals surface area contributed by atoms with Gasteiger partial charge in [-0.25, -0.2) is 0 Å². The molecule has 0 aromatic rings. The molecule has 12 heavy (non-hydrogen) atoms. The Kier molecular flexibility index (Phi) is 2.30. The molecule has 0 aromatic heterocycles. The van der Waals surface area contributed by atoms with E-state index in [1.165, 1.54) is 0 Å². The fourth-order valence-corrected chi connectivity index (χ4v) is 1.07. The minimum atomic E-state index is -4.24. The summed E-state index contributed by atoms with van der Waals surface area (Å²) in [6.45, 7) is 1.71. The van der Waals surface area contributed by atoms with Gasteiger partial charge in [0.25, 0.3) is 0 Å². The molecule has 5 heteroatoms. The third-order valence-electron chi connectivity index (χ3n) is 1.80. The highest BCUT2D eigenvalue weighted by Gasteiger charge is 2.59. The summed E-state index contributed by atoms with van der Waals surface area (Å²) in [5.74, 6) is -3.12. The van der Waals surface area contributed by atoms with Gasteiger partial charge in [-0.2, -0.15) is 13.2 Å². The summed E-state index contributed by atoms with van der Waals surface area (Å²) < 4.78 is 40.1. The third-order valence-corrected chi connectivity index (χ3v) is 1.80. The number of hydrogen-bond donors (Lipinski definition) is 0. The summed E-state index contributed by atoms with van der Waals surface area (Å²) in [7, 11) is 0. The van der Waals surface area contributed by atoms with Crippen molar-refractivity contribution < 1.29 is 22.7 Å². The molecule has 0 N–H and O–H groups in total. The van der Waals surface area contributed by atoms with Crippen LogP contribution in [0.5, 0.6) is 0 Å². The van der Waals surface area contributed by atoms with Gasteiger partial charge in [-0.05, 0) is 13.3 Å². The Bertz CT molecular complexity index is 188. The summed E-state index contributed by atoms with van der Waals surface area (Å²) in [5, 5.41) is 0. The number of esters is 1. The maximum absolute atomic E-state index is 11.9. The molecule has 0 aliphatic heterocycles. The second kappa shape index (κ2) is 2.95. The minimum absolute atomic E-state index is 0.109. The van der Waals surface area contributed by atoms with E-state index >= 15 is 0 Å². The lowest BCUT2D eigenvalue weighted by molar-refractivity contribution is -0.162. The van der Waals surface area contributed by atoms with Crippen LogP contribution < -0.4 is 0 Å². The maximum Gasteiger partial charge on any atom is 0.392 e. The largest absolute Gasteiger partial charge is 0.466 e. The second-order valence-corrected chi connectivity index (χ2v) is 2.74. The van der Waals surface area contributed by atoms with Gasteiger partial charge in [-0.1, -0.05) is 0 Å². The number of rotatable bonds is 2. The van der Waals surface area contributed by atoms with Crippen LogP contribution in [0.15, 0.2) is 0 Å². The van der Waals surface area contributed by atoms with Crippen LogP contribution in [0.25, 0.3) is 0 Å². The SMILES string of the molecule is CCOC(=O)[C@H]1C[C@H]1C(F)(F)F. The van der Waals surface area contributed by atoms with Crippen LogP contribution in [0.2, 0.25) is 0 Å². The summed E-state index contributed by atoms with van der Waals surface area (Å²) in [5.41, 5.74) is 0. The predicted octanol–water partition coefficient (Wildman–Crippen LogP) is 1.75. The molecule has 1 rings (SSSR count). The van der Waals surface area contributed by atoms with Crippen LogP contribution in [-0.4, -0.2) is 18.8 Å². The fourth-order valence-electron chi connectivity index (χ4n) is 1.07. The van der Waals surface area contributed by atoms with Crippen LogP contribution in [-0.2, 0) is 9.53 Å². The Morgan fingerprint density at radius 1 is 1.58 bits per heavy atom. The molecule has 0 radical (unpaired) electrons. The van der Waals surface area contributed by atoms with E-state index in [9.17, 15) is 18.0 Å². The fraction of sp³-hybridized carbons (Fsp3) is 0.857. The Morgan fingerprint density at radius 3 is 2.50 bits per heavy atom. The lowest BCUT2D eigenvalue weighted by atomic mass is 10.3. The van der Waals surface area contributed by atoms with Crippen molar-refractivity contribution in [3.8, 4) is 0 Å². The summed E-state index contributed by atoms with van der Waals surface area (Å²) in [4.78, 5) is 10.7. The first kappa shape index (κ1) is 9.35. The van der Waals surface area contributed by atoms with Gasteiger partial charge >= 0.3 is 12.1 Å². The van der Waals surface area contributed by atoms with Crippen molar-refractivity contribution in [2.24, 2.45) is 11.8 Å². The van der Waals surface area contributed by atoms with Gasteiger partial charge < -0.3 is 4.74 Å². The molecule has 0 heterocycles. The first-order valence-corrected chi connectivity index (χ1v) is 3.70. The zero-order valence-electron chi connectivity index (χ0n) is 6.52. The first-order chi connectivity index (χ1) is 5.46. The number of alkyl halides is 3. The zero-order chi connectivity index (χ0) is 9.35. The Morgan fingerprint density at radius 2 is 2.17 bits per heavy atom. The van der Waals surface area contributed by atoms with Crippen LogP contribution >= 0.6 is 0 Å². The summed E-state index contributed by atoms with van der Waals surface area (Å²) >= 11 is 0. The van der Waals surface area contributed by atoms with Crippen LogP contribution in [0, 0.1) is 11.8 Å². The van der Waals surface area contributed by atoms with Crippen molar-refractivity contribution in [1.29, 1.82) is 0 Å². The second-order valence-electron chi connectivity index (χ2n) is 2.74. The highest BCUT2D eigenvalue weighted by Crippen LogP contribution is 2.50. The highest BCUT2D eigenvalue weighted by molar-refractivity contribution is 5.75. The molecule has 1 saturated carbocycles. The molecule has 0 spiro atoms. The molecule has 0 bridgehead atoms. The van der Waals surface area contributed by atoms with Gasteiger partial charge in [-0.3, -0.25) is 4.79 Å². The molecule has 1 aliphatic carbocycles. The molecule has 70 valence electrons. The molecule has 1 aliphatic rings. The van der Waals surface area contributed by atoms with Crippen molar-refractivity contribution in [1.82, 2.24) is 0 Å².